The summed E-state index contributed by atoms with van der Waals surface area (Å²) in [4.78, 5) is 2.42. The summed E-state index contributed by atoms with van der Waals surface area (Å²) in [6, 6.07) is 72.8. The van der Waals surface area contributed by atoms with Crippen molar-refractivity contribution in [3.05, 3.63) is 200 Å². The van der Waals surface area contributed by atoms with Crippen LogP contribution in [-0.4, -0.2) is 0 Å². The minimum absolute atomic E-state index is 0.869. The molecule has 0 fully saturated rings. The van der Waals surface area contributed by atoms with Gasteiger partial charge in [0.2, 0.25) is 0 Å². The average Bonchev–Trinajstić information content (AvgIpc) is 3.86. The number of hydrogen-bond donors (Lipinski definition) is 0. The summed E-state index contributed by atoms with van der Waals surface area (Å²) in [6.07, 6.45) is 0. The third-order valence-electron chi connectivity index (χ3n) is 11.6. The van der Waals surface area contributed by atoms with E-state index in [-0.39, 0.29) is 0 Å². The van der Waals surface area contributed by atoms with Crippen molar-refractivity contribution in [2.75, 3.05) is 4.90 Å². The molecule has 2 heterocycles. The van der Waals surface area contributed by atoms with E-state index in [1.54, 1.807) is 0 Å². The molecule has 0 atom stereocenters. The van der Waals surface area contributed by atoms with Crippen molar-refractivity contribution in [2.45, 2.75) is 0 Å². The van der Waals surface area contributed by atoms with Crippen LogP contribution in [0.5, 0.6) is 0 Å². The van der Waals surface area contributed by atoms with Crippen LogP contribution in [0.25, 0.3) is 96.7 Å². The van der Waals surface area contributed by atoms with E-state index < -0.39 is 0 Å². The predicted molar refractivity (Wildman–Crippen MR) is 245 cm³/mol. The van der Waals surface area contributed by atoms with Gasteiger partial charge >= 0.3 is 0 Å². The largest absolute Gasteiger partial charge is 0.455 e. The fraction of sp³-hybridized carbons (Fsp3) is 0. The Morgan fingerprint density at radius 1 is 0.368 bits per heavy atom. The molecule has 0 saturated carbocycles. The number of hydrogen-bond acceptors (Lipinski definition) is 3. The van der Waals surface area contributed by atoms with Gasteiger partial charge in [0, 0.05) is 42.2 Å². The highest BCUT2D eigenvalue weighted by molar-refractivity contribution is 7.25. The zero-order valence-electron chi connectivity index (χ0n) is 30.8. The molecule has 0 bridgehead atoms. The summed E-state index contributed by atoms with van der Waals surface area (Å²) in [5, 5.41) is 12.2. The molecule has 0 aliphatic rings. The normalized spacial score (nSPS) is 11.9. The van der Waals surface area contributed by atoms with Gasteiger partial charge in [0.05, 0.1) is 16.8 Å². The Labute approximate surface area is 333 Å². The Morgan fingerprint density at radius 3 is 1.88 bits per heavy atom. The number of benzene rings is 10. The second-order valence-electron chi connectivity index (χ2n) is 14.8. The van der Waals surface area contributed by atoms with Gasteiger partial charge in [-0.2, -0.15) is 0 Å². The first-order chi connectivity index (χ1) is 28.2. The van der Waals surface area contributed by atoms with Crippen LogP contribution in [-0.2, 0) is 0 Å². The van der Waals surface area contributed by atoms with Gasteiger partial charge in [-0.15, -0.1) is 11.3 Å². The third kappa shape index (κ3) is 5.10. The standard InChI is InChI=1S/C54H33NOS/c1-3-12-41-35(10-1)20-21-38-32-37(25-29-42(38)41)34-22-27-40(28-23-34)55(49-17-9-18-50-53(49)47-31-24-36-11-2-4-14-44(36)54(47)56-50)48-16-7-5-13-43(48)39-26-30-46-45-15-6-8-19-51(45)57-52(46)33-39/h1-33H. The molecule has 266 valence electrons. The third-order valence-corrected chi connectivity index (χ3v) is 12.8. The Morgan fingerprint density at radius 2 is 0.982 bits per heavy atom. The maximum Gasteiger partial charge on any atom is 0.143 e. The van der Waals surface area contributed by atoms with Gasteiger partial charge in [-0.3, -0.25) is 0 Å². The van der Waals surface area contributed by atoms with Crippen molar-refractivity contribution in [1.29, 1.82) is 0 Å². The number of thiophene rings is 1. The molecule has 57 heavy (non-hydrogen) atoms. The lowest BCUT2D eigenvalue weighted by Gasteiger charge is -2.28. The number of furan rings is 1. The maximum atomic E-state index is 6.73. The summed E-state index contributed by atoms with van der Waals surface area (Å²) in [6.45, 7) is 0. The average molecular weight is 744 g/mol. The van der Waals surface area contributed by atoms with Crippen LogP contribution in [0.15, 0.2) is 205 Å². The zero-order valence-corrected chi connectivity index (χ0v) is 31.6. The molecule has 0 aliphatic carbocycles. The minimum Gasteiger partial charge on any atom is -0.455 e. The molecule has 12 aromatic rings. The highest BCUT2D eigenvalue weighted by Gasteiger charge is 2.23. The smallest absolute Gasteiger partial charge is 0.143 e. The van der Waals surface area contributed by atoms with E-state index in [9.17, 15) is 0 Å². The van der Waals surface area contributed by atoms with Crippen molar-refractivity contribution in [1.82, 2.24) is 0 Å². The summed E-state index contributed by atoms with van der Waals surface area (Å²) >= 11 is 1.86. The molecular formula is C54H33NOS. The molecule has 0 unspecified atom stereocenters. The van der Waals surface area contributed by atoms with E-state index in [0.717, 1.165) is 50.0 Å². The quantitative estimate of drug-likeness (QED) is 0.163. The molecule has 0 aliphatic heterocycles. The molecule has 10 aromatic carbocycles. The van der Waals surface area contributed by atoms with Crippen LogP contribution in [0.3, 0.4) is 0 Å². The fourth-order valence-corrected chi connectivity index (χ4v) is 10.1. The van der Waals surface area contributed by atoms with Gasteiger partial charge in [0.1, 0.15) is 11.2 Å². The van der Waals surface area contributed by atoms with E-state index in [1.165, 1.54) is 63.8 Å². The fourth-order valence-electron chi connectivity index (χ4n) is 8.93. The molecule has 2 aromatic heterocycles. The molecule has 3 heteroatoms. The molecule has 0 radical (unpaired) electrons. The number of rotatable bonds is 5. The summed E-state index contributed by atoms with van der Waals surface area (Å²) in [7, 11) is 0. The highest BCUT2D eigenvalue weighted by Crippen LogP contribution is 2.48. The van der Waals surface area contributed by atoms with E-state index in [0.29, 0.717) is 0 Å². The van der Waals surface area contributed by atoms with Gasteiger partial charge in [0.25, 0.3) is 0 Å². The molecule has 0 spiro atoms. The predicted octanol–water partition coefficient (Wildman–Crippen LogP) is 16.2. The van der Waals surface area contributed by atoms with E-state index in [1.807, 2.05) is 11.3 Å². The summed E-state index contributed by atoms with van der Waals surface area (Å²) in [5.74, 6) is 0. The number of para-hydroxylation sites is 1. The van der Waals surface area contributed by atoms with Gasteiger partial charge in [-0.05, 0) is 98.2 Å². The van der Waals surface area contributed by atoms with Gasteiger partial charge < -0.3 is 9.32 Å². The molecular weight excluding hydrogens is 711 g/mol. The Bertz CT molecular complexity index is 3540. The summed E-state index contributed by atoms with van der Waals surface area (Å²) in [5.41, 5.74) is 9.75. The van der Waals surface area contributed by atoms with Crippen LogP contribution >= 0.6 is 11.3 Å². The van der Waals surface area contributed by atoms with Crippen LogP contribution in [0.1, 0.15) is 0 Å². The van der Waals surface area contributed by atoms with E-state index >= 15 is 0 Å². The van der Waals surface area contributed by atoms with Crippen molar-refractivity contribution < 1.29 is 4.42 Å². The second kappa shape index (κ2) is 12.7. The zero-order chi connectivity index (χ0) is 37.5. The first-order valence-electron chi connectivity index (χ1n) is 19.4. The second-order valence-corrected chi connectivity index (χ2v) is 15.9. The number of nitrogens with zero attached hydrogens (tertiary/aromatic N) is 1. The lowest BCUT2D eigenvalue weighted by atomic mass is 9.97. The lowest BCUT2D eigenvalue weighted by molar-refractivity contribution is 0.672. The van der Waals surface area contributed by atoms with Crippen molar-refractivity contribution in [2.24, 2.45) is 0 Å². The number of anilines is 3. The first-order valence-corrected chi connectivity index (χ1v) is 20.2. The Kier molecular flexibility index (Phi) is 7.13. The molecule has 12 rings (SSSR count). The van der Waals surface area contributed by atoms with E-state index in [2.05, 4.69) is 205 Å². The van der Waals surface area contributed by atoms with E-state index in [4.69, 9.17) is 4.42 Å². The summed E-state index contributed by atoms with van der Waals surface area (Å²) < 4.78 is 9.33. The molecule has 2 nitrogen and oxygen atoms in total. The Hall–Kier alpha value is -7.20. The maximum absolute atomic E-state index is 6.73. The highest BCUT2D eigenvalue weighted by atomic mass is 32.1. The van der Waals surface area contributed by atoms with Gasteiger partial charge in [-0.1, -0.05) is 146 Å². The molecule has 0 N–H and O–H groups in total. The van der Waals surface area contributed by atoms with Crippen molar-refractivity contribution in [3.63, 3.8) is 0 Å². The van der Waals surface area contributed by atoms with Crippen LogP contribution in [0.4, 0.5) is 17.1 Å². The van der Waals surface area contributed by atoms with Gasteiger partial charge in [0.15, 0.2) is 0 Å². The van der Waals surface area contributed by atoms with Crippen molar-refractivity contribution in [3.8, 4) is 22.3 Å². The van der Waals surface area contributed by atoms with Crippen LogP contribution in [0, 0.1) is 0 Å². The van der Waals surface area contributed by atoms with Crippen molar-refractivity contribution >= 4 is 103 Å². The first kappa shape index (κ1) is 32.1. The SMILES string of the molecule is c1ccc(N(c2ccc(-c3ccc4c(ccc5ccccc54)c3)cc2)c2cccc3oc4c5ccccc5ccc4c23)c(-c2ccc3c(c2)sc2ccccc23)c1. The molecule has 0 saturated heterocycles. The van der Waals surface area contributed by atoms with Crippen LogP contribution < -0.4 is 4.90 Å². The topological polar surface area (TPSA) is 16.4 Å². The van der Waals surface area contributed by atoms with Crippen LogP contribution in [0.2, 0.25) is 0 Å². The monoisotopic (exact) mass is 743 g/mol. The lowest BCUT2D eigenvalue weighted by Crippen LogP contribution is -2.11. The van der Waals surface area contributed by atoms with Gasteiger partial charge in [-0.25, -0.2) is 0 Å². The molecule has 0 amide bonds. The number of fused-ring (bicyclic) bond motifs is 11. The Balaban J connectivity index is 1.05. The minimum atomic E-state index is 0.869.